The highest BCUT2D eigenvalue weighted by molar-refractivity contribution is 7.92. The smallest absolute Gasteiger partial charge is 0.263 e. The number of nitrogens with zero attached hydrogens (tertiary/aromatic N) is 2. The number of hydrogen-bond acceptors (Lipinski definition) is 5. The van der Waals surface area contributed by atoms with E-state index >= 15 is 0 Å². The molecule has 2 heterocycles. The van der Waals surface area contributed by atoms with Crippen molar-refractivity contribution in [3.05, 3.63) is 41.7 Å². The molecule has 1 N–H and O–H groups in total. The number of ether oxygens (including phenoxy) is 1. The van der Waals surface area contributed by atoms with Gasteiger partial charge in [0.1, 0.15) is 17.3 Å². The van der Waals surface area contributed by atoms with E-state index in [1.807, 2.05) is 0 Å². The van der Waals surface area contributed by atoms with Gasteiger partial charge in [0.05, 0.1) is 29.1 Å². The Balaban J connectivity index is 2.02. The lowest BCUT2D eigenvalue weighted by Gasteiger charge is -2.29. The predicted molar refractivity (Wildman–Crippen MR) is 90.0 cm³/mol. The predicted octanol–water partition coefficient (Wildman–Crippen LogP) is 2.28. The molecular weight excluding hydrogens is 354 g/mol. The summed E-state index contributed by atoms with van der Waals surface area (Å²) in [6.45, 7) is 2.10. The fraction of sp³-hybridized carbons (Fsp3) is 0.200. The Morgan fingerprint density at radius 2 is 2.21 bits per heavy atom. The summed E-state index contributed by atoms with van der Waals surface area (Å²) in [6, 6.07) is 5.94. The highest BCUT2D eigenvalue weighted by Crippen LogP contribution is 2.38. The molecular formula is C15H14ClN3O4S. The summed E-state index contributed by atoms with van der Waals surface area (Å²) in [4.78, 5) is 16.9. The molecule has 1 aliphatic heterocycles. The lowest BCUT2D eigenvalue weighted by Crippen LogP contribution is -2.36. The van der Waals surface area contributed by atoms with Gasteiger partial charge in [0.2, 0.25) is 5.91 Å². The van der Waals surface area contributed by atoms with Gasteiger partial charge in [-0.15, -0.1) is 0 Å². The molecule has 3 rings (SSSR count). The van der Waals surface area contributed by atoms with Crippen molar-refractivity contribution in [1.82, 2.24) is 4.98 Å². The quantitative estimate of drug-likeness (QED) is 0.899. The standard InChI is InChI=1S/C15H14ClN3O4S/c1-10(20)19-5-6-23-14-8-15(12(16)7-13(14)19)24(21,22)18-11-3-2-4-17-9-11/h2-4,7-9,18H,5-6H2,1H3. The van der Waals surface area contributed by atoms with E-state index in [-0.39, 0.29) is 22.4 Å². The zero-order chi connectivity index (χ0) is 17.3. The van der Waals surface area contributed by atoms with Gasteiger partial charge in [0.15, 0.2) is 0 Å². The molecule has 0 unspecified atom stereocenters. The van der Waals surface area contributed by atoms with Crippen molar-refractivity contribution in [2.75, 3.05) is 22.8 Å². The van der Waals surface area contributed by atoms with Crippen LogP contribution in [0.2, 0.25) is 5.02 Å². The van der Waals surface area contributed by atoms with E-state index in [0.717, 1.165) is 0 Å². The molecule has 7 nitrogen and oxygen atoms in total. The number of aromatic nitrogens is 1. The first-order chi connectivity index (χ1) is 11.4. The number of sulfonamides is 1. The number of amides is 1. The van der Waals surface area contributed by atoms with Crippen LogP contribution < -0.4 is 14.4 Å². The third-order valence-corrected chi connectivity index (χ3v) is 5.31. The van der Waals surface area contributed by atoms with Gasteiger partial charge in [-0.05, 0) is 18.2 Å². The molecule has 0 fully saturated rings. The molecule has 1 amide bonds. The van der Waals surface area contributed by atoms with Crippen molar-refractivity contribution >= 4 is 38.9 Å². The summed E-state index contributed by atoms with van der Waals surface area (Å²) < 4.78 is 33.0. The van der Waals surface area contributed by atoms with Gasteiger partial charge >= 0.3 is 0 Å². The number of rotatable bonds is 3. The maximum absolute atomic E-state index is 12.6. The summed E-state index contributed by atoms with van der Waals surface area (Å²) in [5.74, 6) is 0.132. The van der Waals surface area contributed by atoms with E-state index < -0.39 is 10.0 Å². The van der Waals surface area contributed by atoms with Gasteiger partial charge in [-0.25, -0.2) is 8.42 Å². The van der Waals surface area contributed by atoms with Crippen LogP contribution >= 0.6 is 11.6 Å². The minimum absolute atomic E-state index is 0.00175. The summed E-state index contributed by atoms with van der Waals surface area (Å²) in [5, 5.41) is 0.00175. The van der Waals surface area contributed by atoms with E-state index in [1.54, 1.807) is 12.1 Å². The first-order valence-electron chi connectivity index (χ1n) is 7.06. The van der Waals surface area contributed by atoms with Crippen LogP contribution in [0.5, 0.6) is 5.75 Å². The fourth-order valence-corrected chi connectivity index (χ4v) is 3.97. The summed E-state index contributed by atoms with van der Waals surface area (Å²) in [6.07, 6.45) is 2.92. The molecule has 1 aliphatic rings. The maximum atomic E-state index is 12.6. The Hall–Kier alpha value is -2.32. The third kappa shape index (κ3) is 3.15. The Kier molecular flexibility index (Phi) is 4.33. The van der Waals surface area contributed by atoms with E-state index in [2.05, 4.69) is 9.71 Å². The first-order valence-corrected chi connectivity index (χ1v) is 8.92. The van der Waals surface area contributed by atoms with Crippen LogP contribution in [-0.4, -0.2) is 32.5 Å². The molecule has 0 saturated carbocycles. The van der Waals surface area contributed by atoms with Crippen LogP contribution in [0.15, 0.2) is 41.6 Å². The van der Waals surface area contributed by atoms with E-state index in [1.165, 1.54) is 36.4 Å². The number of benzene rings is 1. The van der Waals surface area contributed by atoms with Crippen LogP contribution in [-0.2, 0) is 14.8 Å². The maximum Gasteiger partial charge on any atom is 0.263 e. The zero-order valence-electron chi connectivity index (χ0n) is 12.7. The van der Waals surface area contributed by atoms with Gasteiger partial charge in [-0.3, -0.25) is 14.5 Å². The van der Waals surface area contributed by atoms with Gasteiger partial charge in [0, 0.05) is 19.2 Å². The van der Waals surface area contributed by atoms with Crippen molar-refractivity contribution in [2.45, 2.75) is 11.8 Å². The number of carbonyl (C=O) groups is 1. The Labute approximate surface area is 144 Å². The van der Waals surface area contributed by atoms with Crippen LogP contribution in [0.1, 0.15) is 6.92 Å². The van der Waals surface area contributed by atoms with E-state index in [9.17, 15) is 13.2 Å². The molecule has 0 aliphatic carbocycles. The summed E-state index contributed by atoms with van der Waals surface area (Å²) in [7, 11) is -3.92. The molecule has 0 bridgehead atoms. The lowest BCUT2D eigenvalue weighted by molar-refractivity contribution is -0.116. The summed E-state index contributed by atoms with van der Waals surface area (Å²) >= 11 is 6.15. The van der Waals surface area contributed by atoms with E-state index in [4.69, 9.17) is 16.3 Å². The van der Waals surface area contributed by atoms with Crippen molar-refractivity contribution in [3.8, 4) is 5.75 Å². The van der Waals surface area contributed by atoms with Crippen LogP contribution in [0.25, 0.3) is 0 Å². The average Bonchev–Trinajstić information content (AvgIpc) is 2.54. The highest BCUT2D eigenvalue weighted by Gasteiger charge is 2.27. The Bertz CT molecular complexity index is 887. The SMILES string of the molecule is CC(=O)N1CCOc2cc(S(=O)(=O)Nc3cccnc3)c(Cl)cc21. The molecule has 9 heteroatoms. The number of carbonyl (C=O) groups excluding carboxylic acids is 1. The molecule has 126 valence electrons. The molecule has 1 aromatic heterocycles. The monoisotopic (exact) mass is 367 g/mol. The number of fused-ring (bicyclic) bond motifs is 1. The third-order valence-electron chi connectivity index (χ3n) is 3.46. The van der Waals surface area contributed by atoms with E-state index in [0.29, 0.717) is 23.7 Å². The van der Waals surface area contributed by atoms with Crippen molar-refractivity contribution in [1.29, 1.82) is 0 Å². The zero-order valence-corrected chi connectivity index (χ0v) is 14.3. The van der Waals surface area contributed by atoms with Crippen LogP contribution in [0.3, 0.4) is 0 Å². The molecule has 0 saturated heterocycles. The minimum atomic E-state index is -3.92. The van der Waals surface area contributed by atoms with Crippen LogP contribution in [0.4, 0.5) is 11.4 Å². The topological polar surface area (TPSA) is 88.6 Å². The lowest BCUT2D eigenvalue weighted by atomic mass is 10.2. The number of halogens is 1. The number of pyridine rings is 1. The van der Waals surface area contributed by atoms with Gasteiger partial charge < -0.3 is 9.64 Å². The second kappa shape index (κ2) is 6.29. The largest absolute Gasteiger partial charge is 0.489 e. The van der Waals surface area contributed by atoms with Gasteiger partial charge in [-0.2, -0.15) is 0 Å². The average molecular weight is 368 g/mol. The second-order valence-corrected chi connectivity index (χ2v) is 7.17. The Morgan fingerprint density at radius 3 is 2.88 bits per heavy atom. The molecule has 1 aromatic carbocycles. The number of anilines is 2. The van der Waals surface area contributed by atoms with Crippen LogP contribution in [0, 0.1) is 0 Å². The molecule has 0 atom stereocenters. The molecule has 24 heavy (non-hydrogen) atoms. The second-order valence-electron chi connectivity index (χ2n) is 5.12. The normalized spacial score (nSPS) is 13.8. The van der Waals surface area contributed by atoms with Crippen molar-refractivity contribution < 1.29 is 17.9 Å². The highest BCUT2D eigenvalue weighted by atomic mass is 35.5. The molecule has 0 radical (unpaired) electrons. The molecule has 0 spiro atoms. The number of nitrogens with one attached hydrogen (secondary N) is 1. The Morgan fingerprint density at radius 1 is 1.42 bits per heavy atom. The van der Waals surface area contributed by atoms with Gasteiger partial charge in [0.25, 0.3) is 10.0 Å². The molecule has 2 aromatic rings. The number of hydrogen-bond donors (Lipinski definition) is 1. The van der Waals surface area contributed by atoms with Crippen molar-refractivity contribution in [3.63, 3.8) is 0 Å². The summed E-state index contributed by atoms with van der Waals surface area (Å²) in [5.41, 5.74) is 0.775. The first kappa shape index (κ1) is 16.5. The van der Waals surface area contributed by atoms with Gasteiger partial charge in [-0.1, -0.05) is 11.6 Å². The van der Waals surface area contributed by atoms with Crippen molar-refractivity contribution in [2.24, 2.45) is 0 Å². The fourth-order valence-electron chi connectivity index (χ4n) is 2.38. The minimum Gasteiger partial charge on any atom is -0.489 e.